The van der Waals surface area contributed by atoms with Gasteiger partial charge in [-0.3, -0.25) is 9.59 Å². The van der Waals surface area contributed by atoms with Crippen LogP contribution < -0.4 is 21.1 Å². The molecule has 0 aliphatic heterocycles. The lowest BCUT2D eigenvalue weighted by Crippen LogP contribution is -2.53. The fourth-order valence-corrected chi connectivity index (χ4v) is 3.56. The third kappa shape index (κ3) is 8.35. The first-order valence-electron chi connectivity index (χ1n) is 12.2. The third-order valence-electron chi connectivity index (χ3n) is 5.85. The molecular formula is C27H37N3O6. The van der Waals surface area contributed by atoms with E-state index in [0.29, 0.717) is 17.7 Å². The molecule has 36 heavy (non-hydrogen) atoms. The summed E-state index contributed by atoms with van der Waals surface area (Å²) in [5, 5.41) is 23.6. The number of nitrogens with two attached hydrogens (primary N) is 1. The molecule has 6 N–H and O–H groups in total. The lowest BCUT2D eigenvalue weighted by Gasteiger charge is -2.23. The molecule has 0 saturated heterocycles. The zero-order valence-electron chi connectivity index (χ0n) is 21.1. The molecule has 0 aliphatic rings. The number of benzene rings is 2. The molecule has 0 radical (unpaired) electrons. The minimum absolute atomic E-state index is 0.126. The maximum absolute atomic E-state index is 13.6. The lowest BCUT2D eigenvalue weighted by molar-refractivity contribution is -0.143. The third-order valence-corrected chi connectivity index (χ3v) is 5.85. The number of aliphatic hydroxyl groups excluding tert-OH is 1. The van der Waals surface area contributed by atoms with Crippen molar-refractivity contribution in [1.82, 2.24) is 10.6 Å². The van der Waals surface area contributed by atoms with Gasteiger partial charge in [-0.2, -0.15) is 0 Å². The quantitative estimate of drug-likeness (QED) is 0.266. The zero-order chi connectivity index (χ0) is 26.7. The Morgan fingerprint density at radius 1 is 1.00 bits per heavy atom. The predicted octanol–water partition coefficient (Wildman–Crippen LogP) is 1.90. The number of aliphatic carboxylic acids is 1. The van der Waals surface area contributed by atoms with Gasteiger partial charge in [0.05, 0.1) is 12.2 Å². The fraction of sp³-hybridized carbons (Fsp3) is 0.444. The molecule has 9 heteroatoms. The number of aliphatic hydroxyl groups is 1. The second-order valence-electron chi connectivity index (χ2n) is 9.06. The summed E-state index contributed by atoms with van der Waals surface area (Å²) >= 11 is 0. The van der Waals surface area contributed by atoms with Crippen molar-refractivity contribution in [2.75, 3.05) is 13.2 Å². The highest BCUT2D eigenvalue weighted by Crippen LogP contribution is 2.25. The minimum Gasteiger partial charge on any atom is -0.491 e. The number of carbonyl (C=O) groups excluding carboxylic acids is 2. The van der Waals surface area contributed by atoms with Crippen LogP contribution in [-0.2, 0) is 22.4 Å². The summed E-state index contributed by atoms with van der Waals surface area (Å²) in [6.07, 6.45) is 1.54. The van der Waals surface area contributed by atoms with Crippen molar-refractivity contribution in [1.29, 1.82) is 0 Å². The molecular weight excluding hydrogens is 462 g/mol. The first-order valence-corrected chi connectivity index (χ1v) is 12.2. The van der Waals surface area contributed by atoms with Crippen LogP contribution in [0, 0.1) is 5.92 Å². The van der Waals surface area contributed by atoms with Gasteiger partial charge >= 0.3 is 5.97 Å². The van der Waals surface area contributed by atoms with Gasteiger partial charge in [0.2, 0.25) is 5.91 Å². The van der Waals surface area contributed by atoms with E-state index in [1.165, 1.54) is 0 Å². The SMILES string of the molecule is CCCc1cccc(OC[C@@H](N)C(C)C)c1C(=O)N[C@@H](Cc1ccccc1)C(=O)N[C@@H](CO)C(=O)O. The predicted molar refractivity (Wildman–Crippen MR) is 137 cm³/mol. The topological polar surface area (TPSA) is 151 Å². The highest BCUT2D eigenvalue weighted by atomic mass is 16.5. The van der Waals surface area contributed by atoms with Crippen LogP contribution in [0.1, 0.15) is 48.7 Å². The van der Waals surface area contributed by atoms with Gasteiger partial charge in [0.1, 0.15) is 24.4 Å². The van der Waals surface area contributed by atoms with Crippen molar-refractivity contribution in [2.24, 2.45) is 11.7 Å². The molecule has 9 nitrogen and oxygen atoms in total. The van der Waals surface area contributed by atoms with Crippen LogP contribution in [0.4, 0.5) is 0 Å². The van der Waals surface area contributed by atoms with E-state index in [1.54, 1.807) is 30.3 Å². The molecule has 3 atom stereocenters. The Morgan fingerprint density at radius 2 is 1.69 bits per heavy atom. The van der Waals surface area contributed by atoms with Crippen LogP contribution in [0.15, 0.2) is 48.5 Å². The normalized spacial score (nSPS) is 13.5. The van der Waals surface area contributed by atoms with E-state index in [0.717, 1.165) is 17.5 Å². The Bertz CT molecular complexity index is 1010. The Labute approximate surface area is 212 Å². The van der Waals surface area contributed by atoms with Crippen molar-refractivity contribution >= 4 is 17.8 Å². The lowest BCUT2D eigenvalue weighted by atomic mass is 9.99. The zero-order valence-corrected chi connectivity index (χ0v) is 21.1. The maximum atomic E-state index is 13.6. The van der Waals surface area contributed by atoms with Gasteiger partial charge in [-0.15, -0.1) is 0 Å². The van der Waals surface area contributed by atoms with Crippen molar-refractivity contribution in [3.63, 3.8) is 0 Å². The molecule has 0 bridgehead atoms. The monoisotopic (exact) mass is 499 g/mol. The molecule has 0 aromatic heterocycles. The number of aryl methyl sites for hydroxylation is 1. The number of amides is 2. The molecule has 2 amide bonds. The van der Waals surface area contributed by atoms with Crippen LogP contribution in [0.2, 0.25) is 0 Å². The fourth-order valence-electron chi connectivity index (χ4n) is 3.56. The van der Waals surface area contributed by atoms with Gasteiger partial charge in [0, 0.05) is 12.5 Å². The molecule has 0 unspecified atom stereocenters. The summed E-state index contributed by atoms with van der Waals surface area (Å²) in [5.74, 6) is -2.05. The summed E-state index contributed by atoms with van der Waals surface area (Å²) in [4.78, 5) is 37.9. The average molecular weight is 500 g/mol. The van der Waals surface area contributed by atoms with Gasteiger partial charge in [-0.1, -0.05) is 69.7 Å². The van der Waals surface area contributed by atoms with Gasteiger partial charge < -0.3 is 31.3 Å². The van der Waals surface area contributed by atoms with Gasteiger partial charge in [0.15, 0.2) is 0 Å². The van der Waals surface area contributed by atoms with Crippen molar-refractivity contribution in [2.45, 2.75) is 58.2 Å². The van der Waals surface area contributed by atoms with E-state index in [-0.39, 0.29) is 25.0 Å². The number of carbonyl (C=O) groups is 3. The Hall–Kier alpha value is -3.43. The number of hydrogen-bond acceptors (Lipinski definition) is 6. The molecule has 2 aromatic carbocycles. The van der Waals surface area contributed by atoms with Crippen LogP contribution >= 0.6 is 0 Å². The molecule has 0 saturated carbocycles. The largest absolute Gasteiger partial charge is 0.491 e. The van der Waals surface area contributed by atoms with Crippen LogP contribution in [0.5, 0.6) is 5.75 Å². The maximum Gasteiger partial charge on any atom is 0.328 e. The average Bonchev–Trinajstić information content (AvgIpc) is 2.85. The number of rotatable bonds is 14. The minimum atomic E-state index is -1.49. The van der Waals surface area contributed by atoms with Crippen LogP contribution in [0.25, 0.3) is 0 Å². The number of hydrogen-bond donors (Lipinski definition) is 5. The highest BCUT2D eigenvalue weighted by Gasteiger charge is 2.28. The number of nitrogens with one attached hydrogen (secondary N) is 2. The highest BCUT2D eigenvalue weighted by molar-refractivity contribution is 6.01. The van der Waals surface area contributed by atoms with E-state index in [4.69, 9.17) is 10.5 Å². The van der Waals surface area contributed by atoms with Gasteiger partial charge in [-0.25, -0.2) is 4.79 Å². The van der Waals surface area contributed by atoms with Crippen LogP contribution in [0.3, 0.4) is 0 Å². The van der Waals surface area contributed by atoms with Crippen LogP contribution in [-0.4, -0.2) is 59.3 Å². The second kappa shape index (κ2) is 14.2. The first-order chi connectivity index (χ1) is 17.2. The first kappa shape index (κ1) is 28.8. The number of carboxylic acids is 1. The van der Waals surface area contributed by atoms with E-state index in [2.05, 4.69) is 10.6 Å². The standard InChI is InChI=1S/C27H37N3O6/c1-4-9-19-12-8-13-23(36-16-20(28)17(2)3)24(19)26(33)29-21(14-18-10-6-5-7-11-18)25(32)30-22(15-31)27(34)35/h5-8,10-13,17,20-22,31H,4,9,14-16,28H2,1-3H3,(H,29,33)(H,30,32)(H,34,35)/t20-,21+,22+/m1/s1. The summed E-state index contributed by atoms with van der Waals surface area (Å²) in [7, 11) is 0. The second-order valence-corrected chi connectivity index (χ2v) is 9.06. The van der Waals surface area contributed by atoms with E-state index in [9.17, 15) is 24.6 Å². The van der Waals surface area contributed by atoms with Gasteiger partial charge in [0.25, 0.3) is 5.91 Å². The molecule has 0 heterocycles. The Balaban J connectivity index is 2.37. The summed E-state index contributed by atoms with van der Waals surface area (Å²) in [6.45, 7) is 5.41. The number of ether oxygens (including phenoxy) is 1. The summed E-state index contributed by atoms with van der Waals surface area (Å²) in [6, 6.07) is 11.6. The van der Waals surface area contributed by atoms with Crippen molar-refractivity contribution in [3.8, 4) is 5.75 Å². The van der Waals surface area contributed by atoms with E-state index in [1.807, 2.05) is 39.0 Å². The number of carboxylic acid groups (broad SMARTS) is 1. The smallest absolute Gasteiger partial charge is 0.328 e. The summed E-state index contributed by atoms with van der Waals surface area (Å²) < 4.78 is 5.94. The van der Waals surface area contributed by atoms with Crippen molar-refractivity contribution in [3.05, 3.63) is 65.2 Å². The Kier molecular flexibility index (Phi) is 11.4. The molecule has 0 spiro atoms. The Morgan fingerprint density at radius 3 is 2.28 bits per heavy atom. The molecule has 0 aliphatic carbocycles. The van der Waals surface area contributed by atoms with E-state index < -0.39 is 36.5 Å². The molecule has 196 valence electrons. The molecule has 0 fully saturated rings. The molecule has 2 aromatic rings. The van der Waals surface area contributed by atoms with Crippen molar-refractivity contribution < 1.29 is 29.3 Å². The summed E-state index contributed by atoms with van der Waals surface area (Å²) in [5.41, 5.74) is 7.99. The van der Waals surface area contributed by atoms with Gasteiger partial charge in [-0.05, 0) is 29.5 Å². The molecule has 2 rings (SSSR count). The van der Waals surface area contributed by atoms with E-state index >= 15 is 0 Å².